The summed E-state index contributed by atoms with van der Waals surface area (Å²) < 4.78 is 0. The van der Waals surface area contributed by atoms with E-state index < -0.39 is 0 Å². The van der Waals surface area contributed by atoms with Crippen LogP contribution >= 0.6 is 11.6 Å². The lowest BCUT2D eigenvalue weighted by molar-refractivity contribution is 0.0951. The molecule has 1 heterocycles. The van der Waals surface area contributed by atoms with Gasteiger partial charge in [-0.05, 0) is 55.3 Å². The van der Waals surface area contributed by atoms with Crippen LogP contribution in [0.5, 0.6) is 0 Å². The third-order valence-corrected chi connectivity index (χ3v) is 5.26. The fourth-order valence-electron chi connectivity index (χ4n) is 3.30. The average Bonchev–Trinajstić information content (AvgIpc) is 3.58. The van der Waals surface area contributed by atoms with Crippen LogP contribution in [0.2, 0.25) is 5.02 Å². The van der Waals surface area contributed by atoms with Crippen molar-refractivity contribution in [2.24, 2.45) is 0 Å². The molecular weight excluding hydrogens is 396 g/mol. The molecule has 0 atom stereocenters. The predicted molar refractivity (Wildman–Crippen MR) is 120 cm³/mol. The lowest BCUT2D eigenvalue weighted by Crippen LogP contribution is -2.25. The van der Waals surface area contributed by atoms with Crippen LogP contribution in [0.1, 0.15) is 23.2 Å². The lowest BCUT2D eigenvalue weighted by atomic mass is 10.1. The van der Waals surface area contributed by atoms with Gasteiger partial charge in [0, 0.05) is 33.3 Å². The summed E-state index contributed by atoms with van der Waals surface area (Å²) >= 11 is 6.22. The number of fused-ring (bicyclic) bond motifs is 1. The first-order valence-corrected chi connectivity index (χ1v) is 10.2. The Kier molecular flexibility index (Phi) is 4.81. The number of nitrogens with zero attached hydrogens (tertiary/aromatic N) is 2. The largest absolute Gasteiger partial charge is 0.349 e. The summed E-state index contributed by atoms with van der Waals surface area (Å²) in [7, 11) is 0. The first-order chi connectivity index (χ1) is 14.7. The Balaban J connectivity index is 1.47. The van der Waals surface area contributed by atoms with Crippen LogP contribution in [0.25, 0.3) is 22.2 Å². The molecule has 2 N–H and O–H groups in total. The molecule has 0 spiro atoms. The zero-order chi connectivity index (χ0) is 20.5. The van der Waals surface area contributed by atoms with Crippen molar-refractivity contribution in [2.75, 3.05) is 5.32 Å². The fraction of sp³-hybridized carbons (Fsp3) is 0.125. The lowest BCUT2D eigenvalue weighted by Gasteiger charge is -2.11. The standard InChI is InChI=1S/C24H19ClN4O/c25-17-8-13-21-20(14-17)22(15-4-2-1-3-5-15)29-24(28-21)27-19-9-6-16(7-10-19)23(30)26-18-11-12-18/h1-10,13-14,18H,11-12H2,(H,26,30)(H,27,28,29). The van der Waals surface area contributed by atoms with Gasteiger partial charge in [-0.1, -0.05) is 41.9 Å². The minimum absolute atomic E-state index is 0.0331. The highest BCUT2D eigenvalue weighted by molar-refractivity contribution is 6.31. The van der Waals surface area contributed by atoms with Gasteiger partial charge in [0.1, 0.15) is 0 Å². The van der Waals surface area contributed by atoms with Crippen molar-refractivity contribution < 1.29 is 4.79 Å². The highest BCUT2D eigenvalue weighted by atomic mass is 35.5. The molecule has 0 bridgehead atoms. The summed E-state index contributed by atoms with van der Waals surface area (Å²) in [4.78, 5) is 21.6. The SMILES string of the molecule is O=C(NC1CC1)c1ccc(Nc2nc(-c3ccccc3)c3cc(Cl)ccc3n2)cc1. The number of amides is 1. The molecule has 1 fully saturated rings. The molecular formula is C24H19ClN4O. The van der Waals surface area contributed by atoms with E-state index in [4.69, 9.17) is 16.6 Å². The molecule has 1 aromatic heterocycles. The monoisotopic (exact) mass is 414 g/mol. The number of rotatable bonds is 5. The van der Waals surface area contributed by atoms with Crippen molar-refractivity contribution in [3.8, 4) is 11.3 Å². The molecule has 0 unspecified atom stereocenters. The van der Waals surface area contributed by atoms with Crippen molar-refractivity contribution in [1.82, 2.24) is 15.3 Å². The maximum absolute atomic E-state index is 12.2. The van der Waals surface area contributed by atoms with Crippen molar-refractivity contribution >= 4 is 40.0 Å². The Bertz CT molecular complexity index is 1220. The Morgan fingerprint density at radius 3 is 2.43 bits per heavy atom. The van der Waals surface area contributed by atoms with Gasteiger partial charge in [0.2, 0.25) is 5.95 Å². The van der Waals surface area contributed by atoms with E-state index in [1.807, 2.05) is 60.7 Å². The maximum Gasteiger partial charge on any atom is 0.251 e. The number of nitrogens with one attached hydrogen (secondary N) is 2. The van der Waals surface area contributed by atoms with Gasteiger partial charge in [-0.3, -0.25) is 4.79 Å². The molecule has 4 aromatic rings. The zero-order valence-corrected chi connectivity index (χ0v) is 16.9. The topological polar surface area (TPSA) is 66.9 Å². The Morgan fingerprint density at radius 2 is 1.70 bits per heavy atom. The van der Waals surface area contributed by atoms with Crippen LogP contribution in [0, 0.1) is 0 Å². The molecule has 5 rings (SSSR count). The minimum Gasteiger partial charge on any atom is -0.349 e. The molecule has 1 aliphatic rings. The summed E-state index contributed by atoms with van der Waals surface area (Å²) in [5.41, 5.74) is 4.06. The molecule has 1 saturated carbocycles. The first kappa shape index (κ1) is 18.6. The fourth-order valence-corrected chi connectivity index (χ4v) is 3.48. The van der Waals surface area contributed by atoms with E-state index in [2.05, 4.69) is 15.6 Å². The minimum atomic E-state index is -0.0331. The smallest absolute Gasteiger partial charge is 0.251 e. The third-order valence-electron chi connectivity index (χ3n) is 5.02. The van der Waals surface area contributed by atoms with Crippen molar-refractivity contribution in [3.05, 3.63) is 83.4 Å². The van der Waals surface area contributed by atoms with Crippen molar-refractivity contribution in [3.63, 3.8) is 0 Å². The van der Waals surface area contributed by atoms with E-state index in [0.29, 0.717) is 22.6 Å². The number of carbonyl (C=O) groups is 1. The molecule has 1 aliphatic carbocycles. The molecule has 3 aromatic carbocycles. The van der Waals surface area contributed by atoms with Crippen LogP contribution in [0.15, 0.2) is 72.8 Å². The van der Waals surface area contributed by atoms with Crippen LogP contribution < -0.4 is 10.6 Å². The summed E-state index contributed by atoms with van der Waals surface area (Å²) in [5, 5.41) is 7.79. The predicted octanol–water partition coefficient (Wildman–Crippen LogP) is 5.59. The van der Waals surface area contributed by atoms with E-state index in [-0.39, 0.29) is 5.91 Å². The van der Waals surface area contributed by atoms with E-state index >= 15 is 0 Å². The van der Waals surface area contributed by atoms with Gasteiger partial charge in [0.25, 0.3) is 5.91 Å². The zero-order valence-electron chi connectivity index (χ0n) is 16.1. The quantitative estimate of drug-likeness (QED) is 0.447. The Hall–Kier alpha value is -3.44. The first-order valence-electron chi connectivity index (χ1n) is 9.86. The summed E-state index contributed by atoms with van der Waals surface area (Å²) in [6.07, 6.45) is 2.14. The van der Waals surface area contributed by atoms with Crippen LogP contribution in [-0.4, -0.2) is 21.9 Å². The second kappa shape index (κ2) is 7.76. The van der Waals surface area contributed by atoms with Gasteiger partial charge >= 0.3 is 0 Å². The highest BCUT2D eigenvalue weighted by Gasteiger charge is 2.23. The summed E-state index contributed by atoms with van der Waals surface area (Å²) in [5.74, 6) is 0.452. The number of hydrogen-bond donors (Lipinski definition) is 2. The molecule has 0 aliphatic heterocycles. The molecule has 0 saturated heterocycles. The van der Waals surface area contributed by atoms with E-state index in [9.17, 15) is 4.79 Å². The van der Waals surface area contributed by atoms with Gasteiger partial charge in [-0.25, -0.2) is 9.97 Å². The summed E-state index contributed by atoms with van der Waals surface area (Å²) in [6.45, 7) is 0. The number of carbonyl (C=O) groups excluding carboxylic acids is 1. The number of hydrogen-bond acceptors (Lipinski definition) is 4. The van der Waals surface area contributed by atoms with E-state index in [0.717, 1.165) is 40.7 Å². The molecule has 5 nitrogen and oxygen atoms in total. The van der Waals surface area contributed by atoms with Gasteiger partial charge in [-0.15, -0.1) is 0 Å². The van der Waals surface area contributed by atoms with Gasteiger partial charge in [0.05, 0.1) is 11.2 Å². The number of benzene rings is 3. The van der Waals surface area contributed by atoms with Gasteiger partial charge < -0.3 is 10.6 Å². The van der Waals surface area contributed by atoms with E-state index in [1.165, 1.54) is 0 Å². The number of anilines is 2. The van der Waals surface area contributed by atoms with Gasteiger partial charge in [-0.2, -0.15) is 0 Å². The van der Waals surface area contributed by atoms with E-state index in [1.54, 1.807) is 12.1 Å². The molecule has 148 valence electrons. The molecule has 30 heavy (non-hydrogen) atoms. The maximum atomic E-state index is 12.2. The summed E-state index contributed by atoms with van der Waals surface area (Å²) in [6, 6.07) is 23.2. The number of halogens is 1. The van der Waals surface area contributed by atoms with Gasteiger partial charge in [0.15, 0.2) is 0 Å². The molecule has 1 amide bonds. The normalized spacial score (nSPS) is 13.2. The number of aromatic nitrogens is 2. The Morgan fingerprint density at radius 1 is 0.933 bits per heavy atom. The van der Waals surface area contributed by atoms with Crippen molar-refractivity contribution in [2.45, 2.75) is 18.9 Å². The van der Waals surface area contributed by atoms with Crippen LogP contribution in [-0.2, 0) is 0 Å². The second-order valence-corrected chi connectivity index (χ2v) is 7.81. The van der Waals surface area contributed by atoms with Crippen molar-refractivity contribution in [1.29, 1.82) is 0 Å². The third kappa shape index (κ3) is 3.98. The highest BCUT2D eigenvalue weighted by Crippen LogP contribution is 2.30. The molecule has 6 heteroatoms. The van der Waals surface area contributed by atoms with Crippen LogP contribution in [0.3, 0.4) is 0 Å². The Labute approximate surface area is 179 Å². The molecule has 0 radical (unpaired) electrons. The second-order valence-electron chi connectivity index (χ2n) is 7.37. The average molecular weight is 415 g/mol. The van der Waals surface area contributed by atoms with Crippen LogP contribution in [0.4, 0.5) is 11.6 Å².